The molecular formula is C25H23NO3. The quantitative estimate of drug-likeness (QED) is 0.450. The molecule has 0 fully saturated rings. The number of fused-ring (bicyclic) bond motifs is 2. The van der Waals surface area contributed by atoms with Gasteiger partial charge in [0.15, 0.2) is 11.5 Å². The summed E-state index contributed by atoms with van der Waals surface area (Å²) in [6, 6.07) is 21.2. The highest BCUT2D eigenvalue weighted by atomic mass is 16.5. The van der Waals surface area contributed by atoms with Crippen molar-refractivity contribution >= 4 is 11.1 Å². The Balaban J connectivity index is 1.67. The average Bonchev–Trinajstić information content (AvgIpc) is 3.12. The largest absolute Gasteiger partial charge is 0.497 e. The second-order valence-electron chi connectivity index (χ2n) is 7.67. The molecule has 1 aromatic heterocycles. The van der Waals surface area contributed by atoms with Crippen molar-refractivity contribution in [2.75, 3.05) is 13.7 Å². The number of hydrogen-bond donors (Lipinski definition) is 0. The number of rotatable bonds is 3. The molecule has 146 valence electrons. The fourth-order valence-electron chi connectivity index (χ4n) is 4.28. The summed E-state index contributed by atoms with van der Waals surface area (Å²) in [5.74, 6) is 2.74. The Morgan fingerprint density at radius 2 is 1.72 bits per heavy atom. The Labute approximate surface area is 170 Å². The molecule has 4 heteroatoms. The van der Waals surface area contributed by atoms with Gasteiger partial charge in [-0.05, 0) is 36.2 Å². The third-order valence-corrected chi connectivity index (χ3v) is 5.76. The minimum absolute atomic E-state index is 0.161. The Bertz CT molecular complexity index is 1180. The first-order chi connectivity index (χ1) is 14.1. The zero-order valence-electron chi connectivity index (χ0n) is 16.8. The normalized spacial score (nSPS) is 18.3. The van der Waals surface area contributed by atoms with E-state index >= 15 is 0 Å². The standard InChI is InChI=1S/C25H23NO3/c1-15-4-6-17(7-5-15)21-14-28-24-13-19(27-3)9-10-20(24)25(21)18-8-11-23-22(12-18)26-16(2)29-23/h4-13,21,25H,14H2,1-3H3. The van der Waals surface area contributed by atoms with Crippen molar-refractivity contribution in [3.8, 4) is 11.5 Å². The molecule has 3 aromatic carbocycles. The maximum Gasteiger partial charge on any atom is 0.192 e. The highest BCUT2D eigenvalue weighted by molar-refractivity contribution is 5.74. The summed E-state index contributed by atoms with van der Waals surface area (Å²) in [6.07, 6.45) is 0. The highest BCUT2D eigenvalue weighted by Crippen LogP contribution is 2.47. The topological polar surface area (TPSA) is 44.5 Å². The molecule has 29 heavy (non-hydrogen) atoms. The molecule has 0 aliphatic carbocycles. The predicted octanol–water partition coefficient (Wildman–Crippen LogP) is 5.76. The summed E-state index contributed by atoms with van der Waals surface area (Å²) < 4.78 is 17.3. The van der Waals surface area contributed by atoms with E-state index in [1.807, 2.05) is 25.1 Å². The van der Waals surface area contributed by atoms with Gasteiger partial charge in [-0.25, -0.2) is 4.98 Å². The van der Waals surface area contributed by atoms with Crippen molar-refractivity contribution in [3.05, 3.63) is 88.8 Å². The second-order valence-corrected chi connectivity index (χ2v) is 7.67. The van der Waals surface area contributed by atoms with E-state index in [1.54, 1.807) is 7.11 Å². The predicted molar refractivity (Wildman–Crippen MR) is 113 cm³/mol. The molecule has 0 bridgehead atoms. The summed E-state index contributed by atoms with van der Waals surface area (Å²) in [5, 5.41) is 0. The molecule has 4 nitrogen and oxygen atoms in total. The molecule has 0 saturated carbocycles. The van der Waals surface area contributed by atoms with Crippen LogP contribution in [0.3, 0.4) is 0 Å². The first-order valence-electron chi connectivity index (χ1n) is 9.87. The van der Waals surface area contributed by atoms with Crippen LogP contribution in [-0.4, -0.2) is 18.7 Å². The van der Waals surface area contributed by atoms with Crippen molar-refractivity contribution in [1.82, 2.24) is 4.98 Å². The van der Waals surface area contributed by atoms with Crippen LogP contribution in [0.15, 0.2) is 65.1 Å². The van der Waals surface area contributed by atoms with Crippen LogP contribution >= 0.6 is 0 Å². The van der Waals surface area contributed by atoms with Gasteiger partial charge < -0.3 is 13.9 Å². The minimum Gasteiger partial charge on any atom is -0.497 e. The number of oxazole rings is 1. The Morgan fingerprint density at radius 1 is 0.931 bits per heavy atom. The zero-order chi connectivity index (χ0) is 20.0. The van der Waals surface area contributed by atoms with Gasteiger partial charge in [-0.2, -0.15) is 0 Å². The number of nitrogens with zero attached hydrogens (tertiary/aromatic N) is 1. The van der Waals surface area contributed by atoms with Gasteiger partial charge in [0.25, 0.3) is 0 Å². The molecule has 5 rings (SSSR count). The Morgan fingerprint density at radius 3 is 2.52 bits per heavy atom. The molecule has 2 unspecified atom stereocenters. The smallest absolute Gasteiger partial charge is 0.192 e. The Hall–Kier alpha value is -3.27. The van der Waals surface area contributed by atoms with Crippen LogP contribution in [0.5, 0.6) is 11.5 Å². The number of methoxy groups -OCH3 is 1. The van der Waals surface area contributed by atoms with Gasteiger partial charge in [0, 0.05) is 30.4 Å². The molecule has 1 aliphatic rings. The lowest BCUT2D eigenvalue weighted by atomic mass is 9.75. The first-order valence-corrected chi connectivity index (χ1v) is 9.87. The molecule has 0 saturated heterocycles. The number of aryl methyl sites for hydroxylation is 2. The summed E-state index contributed by atoms with van der Waals surface area (Å²) >= 11 is 0. The molecular weight excluding hydrogens is 362 g/mol. The van der Waals surface area contributed by atoms with Gasteiger partial charge >= 0.3 is 0 Å². The van der Waals surface area contributed by atoms with E-state index in [1.165, 1.54) is 22.3 Å². The van der Waals surface area contributed by atoms with Crippen molar-refractivity contribution < 1.29 is 13.9 Å². The molecule has 4 aromatic rings. The molecule has 0 amide bonds. The van der Waals surface area contributed by atoms with E-state index in [0.29, 0.717) is 12.5 Å². The van der Waals surface area contributed by atoms with Gasteiger partial charge in [-0.15, -0.1) is 0 Å². The van der Waals surface area contributed by atoms with Gasteiger partial charge in [-0.1, -0.05) is 42.0 Å². The Kier molecular flexibility index (Phi) is 4.27. The van der Waals surface area contributed by atoms with Crippen LogP contribution in [0, 0.1) is 13.8 Å². The van der Waals surface area contributed by atoms with E-state index in [9.17, 15) is 0 Å². The summed E-state index contributed by atoms with van der Waals surface area (Å²) in [6.45, 7) is 4.61. The molecule has 0 spiro atoms. The maximum atomic E-state index is 6.19. The molecule has 0 radical (unpaired) electrons. The minimum atomic E-state index is 0.161. The molecule has 0 N–H and O–H groups in total. The van der Waals surface area contributed by atoms with Crippen LogP contribution in [0.2, 0.25) is 0 Å². The highest BCUT2D eigenvalue weighted by Gasteiger charge is 2.34. The number of aromatic nitrogens is 1. The number of ether oxygens (including phenoxy) is 2. The van der Waals surface area contributed by atoms with Crippen LogP contribution in [-0.2, 0) is 0 Å². The van der Waals surface area contributed by atoms with Crippen molar-refractivity contribution in [3.63, 3.8) is 0 Å². The van der Waals surface area contributed by atoms with Crippen LogP contribution in [0.25, 0.3) is 11.1 Å². The van der Waals surface area contributed by atoms with Gasteiger partial charge in [0.1, 0.15) is 17.0 Å². The lowest BCUT2D eigenvalue weighted by Gasteiger charge is -2.34. The molecule has 2 atom stereocenters. The lowest BCUT2D eigenvalue weighted by Crippen LogP contribution is -2.25. The second kappa shape index (κ2) is 6.96. The third-order valence-electron chi connectivity index (χ3n) is 5.76. The van der Waals surface area contributed by atoms with Crippen molar-refractivity contribution in [2.45, 2.75) is 25.7 Å². The average molecular weight is 385 g/mol. The van der Waals surface area contributed by atoms with Gasteiger partial charge in [0.2, 0.25) is 0 Å². The maximum absolute atomic E-state index is 6.19. The van der Waals surface area contributed by atoms with Crippen LogP contribution in [0.1, 0.15) is 40.0 Å². The van der Waals surface area contributed by atoms with E-state index < -0.39 is 0 Å². The van der Waals surface area contributed by atoms with Crippen LogP contribution in [0.4, 0.5) is 0 Å². The van der Waals surface area contributed by atoms with Gasteiger partial charge in [-0.3, -0.25) is 0 Å². The fraction of sp³-hybridized carbons (Fsp3) is 0.240. The summed E-state index contributed by atoms with van der Waals surface area (Å²) in [4.78, 5) is 4.54. The number of hydrogen-bond acceptors (Lipinski definition) is 4. The van der Waals surface area contributed by atoms with E-state index in [0.717, 1.165) is 22.6 Å². The van der Waals surface area contributed by atoms with E-state index in [4.69, 9.17) is 13.9 Å². The van der Waals surface area contributed by atoms with Crippen LogP contribution < -0.4 is 9.47 Å². The van der Waals surface area contributed by atoms with Gasteiger partial charge in [0.05, 0.1) is 13.7 Å². The lowest BCUT2D eigenvalue weighted by molar-refractivity contribution is 0.247. The molecule has 1 aliphatic heterocycles. The molecule has 2 heterocycles. The first kappa shape index (κ1) is 17.8. The monoisotopic (exact) mass is 385 g/mol. The van der Waals surface area contributed by atoms with Crippen molar-refractivity contribution in [1.29, 1.82) is 0 Å². The summed E-state index contributed by atoms with van der Waals surface area (Å²) in [5.41, 5.74) is 6.63. The van der Waals surface area contributed by atoms with E-state index in [-0.39, 0.29) is 11.8 Å². The SMILES string of the molecule is COc1ccc2c(c1)OCC(c1ccc(C)cc1)C2c1ccc2oc(C)nc2c1. The van der Waals surface area contributed by atoms with Crippen molar-refractivity contribution in [2.24, 2.45) is 0 Å². The summed E-state index contributed by atoms with van der Waals surface area (Å²) in [7, 11) is 1.68. The van der Waals surface area contributed by atoms with E-state index in [2.05, 4.69) is 54.4 Å². The zero-order valence-corrected chi connectivity index (χ0v) is 16.8. The fourth-order valence-corrected chi connectivity index (χ4v) is 4.28. The number of benzene rings is 3. The third kappa shape index (κ3) is 3.15.